The van der Waals surface area contributed by atoms with Crippen molar-refractivity contribution in [3.8, 4) is 5.75 Å². The zero-order valence-electron chi connectivity index (χ0n) is 12.8. The fraction of sp³-hybridized carbons (Fsp3) is 0.647. The Morgan fingerprint density at radius 3 is 2.35 bits per heavy atom. The molecule has 1 atom stereocenters. The lowest BCUT2D eigenvalue weighted by atomic mass is 9.99. The lowest BCUT2D eigenvalue weighted by molar-refractivity contribution is 0.192. The molecule has 0 amide bonds. The summed E-state index contributed by atoms with van der Waals surface area (Å²) in [5.41, 5.74) is 1.18. The van der Waals surface area contributed by atoms with Crippen molar-refractivity contribution in [1.29, 1.82) is 0 Å². The maximum absolute atomic E-state index is 6.55. The van der Waals surface area contributed by atoms with Gasteiger partial charge in [-0.15, -0.1) is 11.6 Å². The van der Waals surface area contributed by atoms with E-state index in [0.29, 0.717) is 0 Å². The van der Waals surface area contributed by atoms with E-state index in [1.54, 1.807) is 0 Å². The molecule has 1 fully saturated rings. The van der Waals surface area contributed by atoms with Crippen molar-refractivity contribution in [2.75, 3.05) is 19.6 Å². The van der Waals surface area contributed by atoms with Gasteiger partial charge < -0.3 is 9.64 Å². The highest BCUT2D eigenvalue weighted by molar-refractivity contribution is 6.21. The summed E-state index contributed by atoms with van der Waals surface area (Å²) in [5, 5.41) is 0.0662. The van der Waals surface area contributed by atoms with E-state index in [-0.39, 0.29) is 11.5 Å². The Labute approximate surface area is 128 Å². The van der Waals surface area contributed by atoms with Gasteiger partial charge in [-0.1, -0.05) is 19.1 Å². The Bertz CT molecular complexity index is 396. The van der Waals surface area contributed by atoms with Crippen molar-refractivity contribution in [3.63, 3.8) is 0 Å². The van der Waals surface area contributed by atoms with Gasteiger partial charge in [-0.05, 0) is 63.4 Å². The Hall–Kier alpha value is -0.730. The Kier molecular flexibility index (Phi) is 5.74. The number of piperidine rings is 1. The number of likely N-dealkylation sites (tertiary alicyclic amines) is 1. The Morgan fingerprint density at radius 1 is 1.20 bits per heavy atom. The number of benzene rings is 1. The van der Waals surface area contributed by atoms with Crippen LogP contribution in [-0.2, 0) is 0 Å². The minimum atomic E-state index is 0.0662. The van der Waals surface area contributed by atoms with Crippen LogP contribution in [0.2, 0.25) is 0 Å². The third kappa shape index (κ3) is 4.68. The van der Waals surface area contributed by atoms with Crippen molar-refractivity contribution in [2.45, 2.75) is 45.1 Å². The van der Waals surface area contributed by atoms with Gasteiger partial charge >= 0.3 is 0 Å². The van der Waals surface area contributed by atoms with Crippen molar-refractivity contribution < 1.29 is 4.74 Å². The minimum Gasteiger partial charge on any atom is -0.491 e. The number of halogens is 1. The van der Waals surface area contributed by atoms with Crippen molar-refractivity contribution in [3.05, 3.63) is 29.8 Å². The molecule has 0 N–H and O–H groups in total. The molecule has 1 unspecified atom stereocenters. The summed E-state index contributed by atoms with van der Waals surface area (Å²) in [6.07, 6.45) is 2.80. The fourth-order valence-electron chi connectivity index (χ4n) is 2.60. The van der Waals surface area contributed by atoms with Gasteiger partial charge in [-0.3, -0.25) is 0 Å². The van der Waals surface area contributed by atoms with Gasteiger partial charge in [0.25, 0.3) is 0 Å². The van der Waals surface area contributed by atoms with Gasteiger partial charge in [0.05, 0.1) is 11.5 Å². The SMILES string of the molecule is CC1CCN(CC(Cl)c2ccc(OC(C)C)cc2)CC1. The molecule has 3 heteroatoms. The van der Waals surface area contributed by atoms with E-state index in [9.17, 15) is 0 Å². The molecule has 0 spiro atoms. The lowest BCUT2D eigenvalue weighted by Crippen LogP contribution is -2.35. The van der Waals surface area contributed by atoms with Gasteiger partial charge in [0.1, 0.15) is 5.75 Å². The Morgan fingerprint density at radius 2 is 1.80 bits per heavy atom. The molecule has 1 aliphatic heterocycles. The third-order valence-electron chi connectivity index (χ3n) is 3.91. The molecular formula is C17H26ClNO. The summed E-state index contributed by atoms with van der Waals surface area (Å²) in [7, 11) is 0. The van der Waals surface area contributed by atoms with Crippen LogP contribution >= 0.6 is 11.6 Å². The van der Waals surface area contributed by atoms with E-state index >= 15 is 0 Å². The molecule has 1 aromatic rings. The molecule has 0 radical (unpaired) electrons. The molecule has 112 valence electrons. The average Bonchev–Trinajstić information content (AvgIpc) is 2.41. The van der Waals surface area contributed by atoms with E-state index in [1.807, 2.05) is 26.0 Å². The van der Waals surface area contributed by atoms with Crippen LogP contribution in [0.25, 0.3) is 0 Å². The second-order valence-electron chi connectivity index (χ2n) is 6.19. The maximum atomic E-state index is 6.55. The van der Waals surface area contributed by atoms with Crippen LogP contribution in [0.4, 0.5) is 0 Å². The standard InChI is InChI=1S/C17H26ClNO/c1-13(2)20-16-6-4-15(5-7-16)17(18)12-19-10-8-14(3)9-11-19/h4-7,13-14,17H,8-12H2,1-3H3. The van der Waals surface area contributed by atoms with Gasteiger partial charge in [-0.2, -0.15) is 0 Å². The van der Waals surface area contributed by atoms with Crippen LogP contribution in [0.15, 0.2) is 24.3 Å². The number of nitrogens with zero attached hydrogens (tertiary/aromatic N) is 1. The van der Waals surface area contributed by atoms with E-state index in [2.05, 4.69) is 24.0 Å². The molecule has 1 aromatic carbocycles. The highest BCUT2D eigenvalue weighted by Crippen LogP contribution is 2.26. The minimum absolute atomic E-state index is 0.0662. The molecule has 2 nitrogen and oxygen atoms in total. The number of hydrogen-bond donors (Lipinski definition) is 0. The molecule has 20 heavy (non-hydrogen) atoms. The molecule has 1 aliphatic rings. The molecule has 1 heterocycles. The molecule has 2 rings (SSSR count). The zero-order valence-corrected chi connectivity index (χ0v) is 13.6. The van der Waals surface area contributed by atoms with Crippen LogP contribution in [0, 0.1) is 5.92 Å². The fourth-order valence-corrected chi connectivity index (χ4v) is 2.94. The van der Waals surface area contributed by atoms with Gasteiger partial charge in [0.2, 0.25) is 0 Å². The van der Waals surface area contributed by atoms with Crippen molar-refractivity contribution in [2.24, 2.45) is 5.92 Å². The summed E-state index contributed by atoms with van der Waals surface area (Å²) in [5.74, 6) is 1.78. The average molecular weight is 296 g/mol. The largest absolute Gasteiger partial charge is 0.491 e. The first kappa shape index (κ1) is 15.7. The maximum Gasteiger partial charge on any atom is 0.119 e. The first-order valence-electron chi connectivity index (χ1n) is 7.67. The van der Waals surface area contributed by atoms with E-state index < -0.39 is 0 Å². The topological polar surface area (TPSA) is 12.5 Å². The first-order chi connectivity index (χ1) is 9.54. The zero-order chi connectivity index (χ0) is 14.5. The quantitative estimate of drug-likeness (QED) is 0.742. The monoisotopic (exact) mass is 295 g/mol. The molecule has 0 saturated carbocycles. The number of ether oxygens (including phenoxy) is 1. The normalized spacial score (nSPS) is 19.2. The van der Waals surface area contributed by atoms with E-state index in [0.717, 1.165) is 18.2 Å². The second-order valence-corrected chi connectivity index (χ2v) is 6.71. The molecular weight excluding hydrogens is 270 g/mol. The highest BCUT2D eigenvalue weighted by Gasteiger charge is 2.19. The summed E-state index contributed by atoms with van der Waals surface area (Å²) >= 11 is 6.55. The first-order valence-corrected chi connectivity index (χ1v) is 8.11. The van der Waals surface area contributed by atoms with E-state index in [1.165, 1.54) is 31.5 Å². The summed E-state index contributed by atoms with van der Waals surface area (Å²) in [6.45, 7) is 9.71. The summed E-state index contributed by atoms with van der Waals surface area (Å²) in [6, 6.07) is 8.20. The highest BCUT2D eigenvalue weighted by atomic mass is 35.5. The van der Waals surface area contributed by atoms with Gasteiger partial charge in [0.15, 0.2) is 0 Å². The number of hydrogen-bond acceptors (Lipinski definition) is 2. The second kappa shape index (κ2) is 7.33. The third-order valence-corrected chi connectivity index (χ3v) is 4.30. The van der Waals surface area contributed by atoms with Gasteiger partial charge in [0, 0.05) is 6.54 Å². The molecule has 0 aromatic heterocycles. The van der Waals surface area contributed by atoms with Crippen molar-refractivity contribution >= 4 is 11.6 Å². The number of rotatable bonds is 5. The van der Waals surface area contributed by atoms with Crippen LogP contribution < -0.4 is 4.74 Å². The predicted molar refractivity (Wildman–Crippen MR) is 85.6 cm³/mol. The molecule has 1 saturated heterocycles. The Balaban J connectivity index is 1.87. The van der Waals surface area contributed by atoms with Crippen LogP contribution in [-0.4, -0.2) is 30.6 Å². The van der Waals surface area contributed by atoms with E-state index in [4.69, 9.17) is 16.3 Å². The summed E-state index contributed by atoms with van der Waals surface area (Å²) in [4.78, 5) is 2.48. The predicted octanol–water partition coefficient (Wildman–Crippen LogP) is 4.49. The molecule has 0 aliphatic carbocycles. The lowest BCUT2D eigenvalue weighted by Gasteiger charge is -2.31. The summed E-state index contributed by atoms with van der Waals surface area (Å²) < 4.78 is 5.66. The van der Waals surface area contributed by atoms with Crippen LogP contribution in [0.5, 0.6) is 5.75 Å². The number of alkyl halides is 1. The van der Waals surface area contributed by atoms with Crippen LogP contribution in [0.3, 0.4) is 0 Å². The molecule has 0 bridgehead atoms. The van der Waals surface area contributed by atoms with Crippen LogP contribution in [0.1, 0.15) is 44.6 Å². The van der Waals surface area contributed by atoms with Crippen molar-refractivity contribution in [1.82, 2.24) is 4.90 Å². The van der Waals surface area contributed by atoms with Gasteiger partial charge in [-0.25, -0.2) is 0 Å². The smallest absolute Gasteiger partial charge is 0.119 e.